The molecule has 3 aliphatic rings. The molecule has 2 bridgehead atoms. The number of nitrogens with zero attached hydrogens (tertiary/aromatic N) is 4. The van der Waals surface area contributed by atoms with Crippen molar-refractivity contribution in [3.05, 3.63) is 65.5 Å². The van der Waals surface area contributed by atoms with Crippen LogP contribution in [0, 0.1) is 0 Å². The van der Waals surface area contributed by atoms with Crippen LogP contribution in [-0.2, 0) is 11.3 Å². The van der Waals surface area contributed by atoms with E-state index < -0.39 is 0 Å². The number of carbonyl (C=O) groups excluding carboxylic acids is 1. The number of aromatic nitrogens is 1. The predicted molar refractivity (Wildman–Crippen MR) is 117 cm³/mol. The number of fused-ring (bicyclic) bond motifs is 2. The number of benzene rings is 1. The molecule has 1 aromatic heterocycles. The highest BCUT2D eigenvalue weighted by molar-refractivity contribution is 6.08. The second-order valence-electron chi connectivity index (χ2n) is 8.83. The van der Waals surface area contributed by atoms with Gasteiger partial charge in [0.2, 0.25) is 5.91 Å². The average Bonchev–Trinajstić information content (AvgIpc) is 3.40. The van der Waals surface area contributed by atoms with Crippen molar-refractivity contribution >= 4 is 11.6 Å². The van der Waals surface area contributed by atoms with Crippen LogP contribution in [-0.4, -0.2) is 64.7 Å². The van der Waals surface area contributed by atoms with Gasteiger partial charge in [-0.3, -0.25) is 24.6 Å². The minimum atomic E-state index is -0.269. The van der Waals surface area contributed by atoms with Crippen LogP contribution in [0.1, 0.15) is 42.0 Å². The molecule has 2 aromatic rings. The van der Waals surface area contributed by atoms with Gasteiger partial charge in [0.25, 0.3) is 0 Å². The first-order valence-corrected chi connectivity index (χ1v) is 11.0. The summed E-state index contributed by atoms with van der Waals surface area (Å²) in [6, 6.07) is 15.6. The molecule has 1 amide bonds. The highest BCUT2D eigenvalue weighted by Crippen LogP contribution is 2.34. The quantitative estimate of drug-likeness (QED) is 0.733. The first-order valence-electron chi connectivity index (χ1n) is 11.0. The van der Waals surface area contributed by atoms with Crippen LogP contribution in [0.3, 0.4) is 0 Å². The van der Waals surface area contributed by atoms with Crippen molar-refractivity contribution in [1.82, 2.24) is 14.8 Å². The van der Waals surface area contributed by atoms with Crippen molar-refractivity contribution in [3.8, 4) is 0 Å². The molecular formula is C24H29N5O. The van der Waals surface area contributed by atoms with E-state index >= 15 is 0 Å². The van der Waals surface area contributed by atoms with Crippen molar-refractivity contribution in [2.75, 3.05) is 26.2 Å². The number of pyridine rings is 1. The standard InChI is InChI=1S/C24H29N5O/c25-23(30)16-29(20-9-11-28(14-20)13-17-4-2-1-3-5-17)15-21-22-12-18(8-10-26-22)24(21)27-19-6-7-19/h1-5,8,10,12,19-21H,6-7,9,11,13-16H2,(H2,25,30). The zero-order valence-corrected chi connectivity index (χ0v) is 17.3. The van der Waals surface area contributed by atoms with Crippen molar-refractivity contribution in [2.45, 2.75) is 43.8 Å². The molecule has 1 aliphatic heterocycles. The number of likely N-dealkylation sites (tertiary alicyclic amines) is 1. The molecule has 1 saturated carbocycles. The summed E-state index contributed by atoms with van der Waals surface area (Å²) in [7, 11) is 0. The summed E-state index contributed by atoms with van der Waals surface area (Å²) in [6.45, 7) is 3.97. The molecule has 1 saturated heterocycles. The van der Waals surface area contributed by atoms with E-state index in [9.17, 15) is 4.79 Å². The van der Waals surface area contributed by atoms with E-state index in [1.54, 1.807) is 0 Å². The maximum Gasteiger partial charge on any atom is 0.231 e. The number of carbonyl (C=O) groups is 1. The van der Waals surface area contributed by atoms with Crippen molar-refractivity contribution < 1.29 is 4.79 Å². The summed E-state index contributed by atoms with van der Waals surface area (Å²) in [5.74, 6) is -0.132. The smallest absolute Gasteiger partial charge is 0.231 e. The molecule has 30 heavy (non-hydrogen) atoms. The fraction of sp³-hybridized carbons (Fsp3) is 0.458. The van der Waals surface area contributed by atoms with E-state index in [1.165, 1.54) is 24.0 Å². The zero-order chi connectivity index (χ0) is 20.5. The van der Waals surface area contributed by atoms with Crippen LogP contribution in [0.4, 0.5) is 0 Å². The number of aliphatic imine (C=N–C) groups is 1. The molecular weight excluding hydrogens is 374 g/mol. The number of hydrogen-bond donors (Lipinski definition) is 1. The third-order valence-corrected chi connectivity index (χ3v) is 6.42. The Morgan fingerprint density at radius 1 is 1.20 bits per heavy atom. The molecule has 2 heterocycles. The van der Waals surface area contributed by atoms with Gasteiger partial charge in [0.05, 0.1) is 29.9 Å². The fourth-order valence-corrected chi connectivity index (χ4v) is 4.76. The Labute approximate surface area is 177 Å². The maximum absolute atomic E-state index is 11.9. The van der Waals surface area contributed by atoms with Gasteiger partial charge in [-0.1, -0.05) is 30.3 Å². The number of nitrogens with two attached hydrogens (primary N) is 1. The zero-order valence-electron chi connectivity index (χ0n) is 17.3. The Morgan fingerprint density at radius 3 is 2.80 bits per heavy atom. The topological polar surface area (TPSA) is 74.8 Å². The lowest BCUT2D eigenvalue weighted by molar-refractivity contribution is -0.119. The van der Waals surface area contributed by atoms with E-state index in [2.05, 4.69) is 57.2 Å². The van der Waals surface area contributed by atoms with Gasteiger partial charge >= 0.3 is 0 Å². The normalized spacial score (nSPS) is 24.8. The number of rotatable bonds is 8. The van der Waals surface area contributed by atoms with Gasteiger partial charge in [0.1, 0.15) is 0 Å². The van der Waals surface area contributed by atoms with E-state index in [0.29, 0.717) is 12.1 Å². The maximum atomic E-state index is 11.9. The lowest BCUT2D eigenvalue weighted by Gasteiger charge is -2.30. The minimum Gasteiger partial charge on any atom is -0.369 e. The number of primary amides is 1. The second-order valence-corrected chi connectivity index (χ2v) is 8.83. The molecule has 0 radical (unpaired) electrons. The summed E-state index contributed by atoms with van der Waals surface area (Å²) >= 11 is 0. The van der Waals surface area contributed by atoms with E-state index in [-0.39, 0.29) is 18.4 Å². The molecule has 2 atom stereocenters. The molecule has 2 unspecified atom stereocenters. The molecule has 5 rings (SSSR count). The third-order valence-electron chi connectivity index (χ3n) is 6.42. The summed E-state index contributed by atoms with van der Waals surface area (Å²) in [4.78, 5) is 26.2. The molecule has 6 heteroatoms. The van der Waals surface area contributed by atoms with Gasteiger partial charge in [-0.25, -0.2) is 0 Å². The predicted octanol–water partition coefficient (Wildman–Crippen LogP) is 2.19. The highest BCUT2D eigenvalue weighted by atomic mass is 16.1. The Balaban J connectivity index is 1.30. The molecule has 156 valence electrons. The van der Waals surface area contributed by atoms with Gasteiger partial charge in [-0.05, 0) is 42.5 Å². The first-order chi connectivity index (χ1) is 14.7. The Bertz CT molecular complexity index is 940. The molecule has 1 aromatic carbocycles. The lowest BCUT2D eigenvalue weighted by Crippen LogP contribution is -2.45. The van der Waals surface area contributed by atoms with Crippen molar-refractivity contribution in [3.63, 3.8) is 0 Å². The van der Waals surface area contributed by atoms with Crippen molar-refractivity contribution in [2.24, 2.45) is 10.7 Å². The van der Waals surface area contributed by atoms with Crippen LogP contribution in [0.25, 0.3) is 0 Å². The molecule has 2 aliphatic carbocycles. The van der Waals surface area contributed by atoms with Crippen LogP contribution >= 0.6 is 0 Å². The Kier molecular flexibility index (Phi) is 5.35. The van der Waals surface area contributed by atoms with Gasteiger partial charge in [-0.2, -0.15) is 0 Å². The van der Waals surface area contributed by atoms with Gasteiger partial charge in [0, 0.05) is 38.4 Å². The summed E-state index contributed by atoms with van der Waals surface area (Å²) in [6.07, 6.45) is 5.29. The SMILES string of the molecule is NC(=O)CN(CC1C(=NC2CC2)c2ccnc1c2)C1CCN(Cc2ccccc2)C1. The monoisotopic (exact) mass is 403 g/mol. The molecule has 6 nitrogen and oxygen atoms in total. The molecule has 2 fully saturated rings. The Hall–Kier alpha value is -2.57. The Morgan fingerprint density at radius 2 is 2.03 bits per heavy atom. The van der Waals surface area contributed by atoms with Crippen LogP contribution in [0.2, 0.25) is 0 Å². The summed E-state index contributed by atoms with van der Waals surface area (Å²) < 4.78 is 0. The summed E-state index contributed by atoms with van der Waals surface area (Å²) in [5.41, 5.74) is 10.4. The van der Waals surface area contributed by atoms with Crippen LogP contribution in [0.5, 0.6) is 0 Å². The van der Waals surface area contributed by atoms with Gasteiger partial charge < -0.3 is 5.73 Å². The number of amides is 1. The fourth-order valence-electron chi connectivity index (χ4n) is 4.76. The first kappa shape index (κ1) is 19.4. The van der Waals surface area contributed by atoms with E-state index in [1.807, 2.05) is 6.20 Å². The summed E-state index contributed by atoms with van der Waals surface area (Å²) in [5, 5.41) is 0. The third kappa shape index (κ3) is 4.30. The second kappa shape index (κ2) is 8.28. The largest absolute Gasteiger partial charge is 0.369 e. The lowest BCUT2D eigenvalue weighted by atomic mass is 10.0. The molecule has 2 N–H and O–H groups in total. The van der Waals surface area contributed by atoms with Gasteiger partial charge in [-0.15, -0.1) is 0 Å². The molecule has 0 spiro atoms. The van der Waals surface area contributed by atoms with E-state index in [0.717, 1.165) is 44.0 Å². The van der Waals surface area contributed by atoms with Crippen LogP contribution in [0.15, 0.2) is 53.7 Å². The van der Waals surface area contributed by atoms with Crippen LogP contribution < -0.4 is 5.73 Å². The average molecular weight is 404 g/mol. The number of hydrogen-bond acceptors (Lipinski definition) is 5. The highest BCUT2D eigenvalue weighted by Gasteiger charge is 2.36. The van der Waals surface area contributed by atoms with Gasteiger partial charge in [0.15, 0.2) is 0 Å². The van der Waals surface area contributed by atoms with Crippen molar-refractivity contribution in [1.29, 1.82) is 0 Å². The van der Waals surface area contributed by atoms with E-state index in [4.69, 9.17) is 10.7 Å². The minimum absolute atomic E-state index is 0.137.